The number of carbonyl (C=O) groups is 4. The maximum Gasteiger partial charge on any atom is 0.264 e. The summed E-state index contributed by atoms with van der Waals surface area (Å²) in [5, 5.41) is 10.5. The Balaban J connectivity index is 0.704. The van der Waals surface area contributed by atoms with Gasteiger partial charge in [-0.1, -0.05) is 60.1 Å². The number of piperazine rings is 1. The van der Waals surface area contributed by atoms with Gasteiger partial charge in [0.1, 0.15) is 23.8 Å². The highest BCUT2D eigenvalue weighted by Gasteiger charge is 2.45. The summed E-state index contributed by atoms with van der Waals surface area (Å²) in [6, 6.07) is 22.5. The summed E-state index contributed by atoms with van der Waals surface area (Å²) in [5.74, 6) is -1.36. The number of hydrogen-bond acceptors (Lipinski definition) is 12. The van der Waals surface area contributed by atoms with E-state index in [2.05, 4.69) is 71.0 Å². The topological polar surface area (TPSA) is 174 Å². The van der Waals surface area contributed by atoms with Gasteiger partial charge < -0.3 is 25.1 Å². The lowest BCUT2D eigenvalue weighted by molar-refractivity contribution is -0.136. The first-order valence-electron chi connectivity index (χ1n) is 19.9. The summed E-state index contributed by atoms with van der Waals surface area (Å²) in [6.07, 6.45) is 1.75. The molecule has 1 atom stereocenters. The molecule has 0 saturated carbocycles. The number of piperidine rings is 1. The van der Waals surface area contributed by atoms with E-state index in [0.29, 0.717) is 45.2 Å². The van der Waals surface area contributed by atoms with Crippen LogP contribution in [-0.2, 0) is 32.2 Å². The van der Waals surface area contributed by atoms with Crippen LogP contribution in [0.1, 0.15) is 44.7 Å². The Kier molecular flexibility index (Phi) is 12.6. The number of benzene rings is 3. The van der Waals surface area contributed by atoms with E-state index in [-0.39, 0.29) is 24.0 Å². The predicted octanol–water partition coefficient (Wildman–Crippen LogP) is 4.55. The van der Waals surface area contributed by atoms with E-state index in [1.807, 2.05) is 24.3 Å². The first-order valence-corrected chi connectivity index (χ1v) is 20.3. The quantitative estimate of drug-likeness (QED) is 0.0763. The van der Waals surface area contributed by atoms with Crippen LogP contribution >= 0.6 is 11.6 Å². The van der Waals surface area contributed by atoms with Crippen molar-refractivity contribution in [3.8, 4) is 11.3 Å². The van der Waals surface area contributed by atoms with E-state index < -0.39 is 29.7 Å². The highest BCUT2D eigenvalue weighted by Crippen LogP contribution is 2.33. The molecule has 4 amide bonds. The Morgan fingerprint density at radius 3 is 2.39 bits per heavy atom. The highest BCUT2D eigenvalue weighted by atomic mass is 35.5. The summed E-state index contributed by atoms with van der Waals surface area (Å²) >= 11 is 6.35. The minimum Gasteiger partial charge on any atom is -0.382 e. The van der Waals surface area contributed by atoms with Crippen molar-refractivity contribution in [3.63, 3.8) is 0 Å². The van der Waals surface area contributed by atoms with Gasteiger partial charge in [0.25, 0.3) is 11.8 Å². The molecule has 59 heavy (non-hydrogen) atoms. The number of H-pyrrole nitrogens is 1. The lowest BCUT2D eigenvalue weighted by Gasteiger charge is -2.34. The summed E-state index contributed by atoms with van der Waals surface area (Å²) in [6.45, 7) is 8.57. The molecule has 0 aliphatic carbocycles. The van der Waals surface area contributed by atoms with Gasteiger partial charge >= 0.3 is 0 Å². The third-order valence-corrected chi connectivity index (χ3v) is 11.3. The molecule has 306 valence electrons. The fourth-order valence-corrected chi connectivity index (χ4v) is 7.91. The van der Waals surface area contributed by atoms with Crippen molar-refractivity contribution in [2.24, 2.45) is 0 Å². The van der Waals surface area contributed by atoms with Gasteiger partial charge in [0.15, 0.2) is 0 Å². The van der Waals surface area contributed by atoms with Crippen molar-refractivity contribution in [2.45, 2.75) is 32.0 Å². The van der Waals surface area contributed by atoms with Gasteiger partial charge in [-0.3, -0.25) is 39.2 Å². The summed E-state index contributed by atoms with van der Waals surface area (Å²) in [5.41, 5.74) is 6.09. The van der Waals surface area contributed by atoms with Gasteiger partial charge in [-0.25, -0.2) is 9.97 Å². The average Bonchev–Trinajstić information content (AvgIpc) is 3.80. The first-order chi connectivity index (χ1) is 28.8. The summed E-state index contributed by atoms with van der Waals surface area (Å²) in [4.78, 5) is 68.5. The van der Waals surface area contributed by atoms with Gasteiger partial charge in [-0.2, -0.15) is 0 Å². The largest absolute Gasteiger partial charge is 0.382 e. The number of nitrogens with one attached hydrogen (secondary N) is 4. The van der Waals surface area contributed by atoms with E-state index in [1.54, 1.807) is 24.5 Å². The van der Waals surface area contributed by atoms with Crippen LogP contribution in [0.15, 0.2) is 79.1 Å². The summed E-state index contributed by atoms with van der Waals surface area (Å²) < 4.78 is 11.6. The molecule has 3 aliphatic rings. The normalized spacial score (nSPS) is 17.4. The van der Waals surface area contributed by atoms with Crippen LogP contribution in [0.4, 0.5) is 11.5 Å². The van der Waals surface area contributed by atoms with Crippen LogP contribution < -0.4 is 16.0 Å². The molecule has 0 spiro atoms. The fourth-order valence-electron chi connectivity index (χ4n) is 7.71. The smallest absolute Gasteiger partial charge is 0.264 e. The molecule has 8 rings (SSSR count). The Labute approximate surface area is 346 Å². The number of aromatic amines is 1. The molecule has 15 nitrogen and oxygen atoms in total. The maximum absolute atomic E-state index is 13.3. The van der Waals surface area contributed by atoms with Crippen molar-refractivity contribution in [1.82, 2.24) is 35.0 Å². The first kappa shape index (κ1) is 40.1. The van der Waals surface area contributed by atoms with E-state index >= 15 is 0 Å². The molecule has 2 aromatic heterocycles. The molecule has 5 heterocycles. The Morgan fingerprint density at radius 2 is 1.59 bits per heavy atom. The number of amides is 4. The molecule has 16 heteroatoms. The van der Waals surface area contributed by atoms with Crippen LogP contribution in [0.2, 0.25) is 5.02 Å². The third-order valence-electron chi connectivity index (χ3n) is 10.9. The SMILES string of the molecule is O=C1CCC(N2C(=O)c3cccc(NCCOCCOCCN4CCN(Cc5ccc(-c6cc7c(NCc8ccccc8Cl)ncnc7[nH]6)cc5)CC4)c3C2=O)C(=O)N1. The molecule has 4 N–H and O–H groups in total. The number of imide groups is 2. The van der Waals surface area contributed by atoms with Crippen molar-refractivity contribution >= 4 is 57.8 Å². The van der Waals surface area contributed by atoms with Crippen LogP contribution in [-0.4, -0.2) is 125 Å². The number of fused-ring (bicyclic) bond motifs is 2. The lowest BCUT2D eigenvalue weighted by atomic mass is 10.0. The molecular weight excluding hydrogens is 774 g/mol. The van der Waals surface area contributed by atoms with Crippen LogP contribution in [0, 0.1) is 0 Å². The molecule has 0 bridgehead atoms. The van der Waals surface area contributed by atoms with Gasteiger partial charge in [0.05, 0.1) is 42.9 Å². The number of anilines is 2. The average molecular weight is 820 g/mol. The molecule has 3 aliphatic heterocycles. The summed E-state index contributed by atoms with van der Waals surface area (Å²) in [7, 11) is 0. The number of nitrogens with zero attached hydrogens (tertiary/aromatic N) is 5. The Hall–Kier alpha value is -5.71. The standard InChI is InChI=1S/C43H46ClN9O6/c44-33-6-2-1-4-30(33)25-46-39-32-24-35(49-40(32)48-27-47-39)29-10-8-28(9-11-29)26-52-17-15-51(16-18-52)19-21-59-23-22-58-20-14-45-34-7-3-5-31-38(34)43(57)53(42(31)56)36-12-13-37(54)50-41(36)55/h1-11,24,27,36,45H,12-23,25-26H2,(H,50,54,55)(H2,46,47,48,49). The number of rotatable bonds is 17. The van der Waals surface area contributed by atoms with Gasteiger partial charge in [0.2, 0.25) is 11.8 Å². The molecule has 1 unspecified atom stereocenters. The molecule has 0 radical (unpaired) electrons. The van der Waals surface area contributed by atoms with Crippen molar-refractivity contribution in [2.75, 3.05) is 76.3 Å². The Bertz CT molecular complexity index is 2330. The second-order valence-electron chi connectivity index (χ2n) is 14.8. The van der Waals surface area contributed by atoms with E-state index in [1.165, 1.54) is 5.56 Å². The van der Waals surface area contributed by atoms with E-state index in [0.717, 1.165) is 82.9 Å². The minimum atomic E-state index is -1.00. The molecule has 5 aromatic rings. The second kappa shape index (κ2) is 18.5. The zero-order valence-electron chi connectivity index (χ0n) is 32.5. The van der Waals surface area contributed by atoms with E-state index in [9.17, 15) is 19.2 Å². The molecule has 3 aromatic carbocycles. The number of halogens is 1. The lowest BCUT2D eigenvalue weighted by Crippen LogP contribution is -2.54. The minimum absolute atomic E-state index is 0.0737. The van der Waals surface area contributed by atoms with E-state index in [4.69, 9.17) is 21.1 Å². The molecule has 2 saturated heterocycles. The second-order valence-corrected chi connectivity index (χ2v) is 15.2. The van der Waals surface area contributed by atoms with Gasteiger partial charge in [0, 0.05) is 75.2 Å². The Morgan fingerprint density at radius 1 is 0.814 bits per heavy atom. The van der Waals surface area contributed by atoms with Crippen LogP contribution in [0.5, 0.6) is 0 Å². The zero-order chi connectivity index (χ0) is 40.7. The zero-order valence-corrected chi connectivity index (χ0v) is 33.3. The fraction of sp³-hybridized carbons (Fsp3) is 0.349. The predicted molar refractivity (Wildman–Crippen MR) is 223 cm³/mol. The van der Waals surface area contributed by atoms with Gasteiger partial charge in [-0.05, 0) is 47.4 Å². The van der Waals surface area contributed by atoms with Crippen molar-refractivity contribution < 1.29 is 28.7 Å². The highest BCUT2D eigenvalue weighted by molar-refractivity contribution is 6.31. The molecule has 2 fully saturated rings. The number of aromatic nitrogens is 3. The number of ether oxygens (including phenoxy) is 2. The number of carbonyl (C=O) groups excluding carboxylic acids is 4. The van der Waals surface area contributed by atoms with Crippen LogP contribution in [0.3, 0.4) is 0 Å². The van der Waals surface area contributed by atoms with Crippen molar-refractivity contribution in [1.29, 1.82) is 0 Å². The number of hydrogen-bond donors (Lipinski definition) is 4. The molecular formula is C43H46ClN9O6. The third kappa shape index (κ3) is 9.29. The maximum atomic E-state index is 13.3. The van der Waals surface area contributed by atoms with Crippen LogP contribution in [0.25, 0.3) is 22.3 Å². The monoisotopic (exact) mass is 819 g/mol. The van der Waals surface area contributed by atoms with Crippen molar-refractivity contribution in [3.05, 3.63) is 106 Å². The van der Waals surface area contributed by atoms with Gasteiger partial charge in [-0.15, -0.1) is 0 Å².